The zero-order valence-electron chi connectivity index (χ0n) is 9.98. The third-order valence-electron chi connectivity index (χ3n) is 2.85. The Kier molecular flexibility index (Phi) is 4.01. The molecule has 5 nitrogen and oxygen atoms in total. The summed E-state index contributed by atoms with van der Waals surface area (Å²) in [5.74, 6) is -0.0950. The molecule has 1 aliphatic carbocycles. The van der Waals surface area contributed by atoms with Gasteiger partial charge in [-0.25, -0.2) is 4.79 Å². The van der Waals surface area contributed by atoms with Gasteiger partial charge in [-0.1, -0.05) is 11.6 Å². The van der Waals surface area contributed by atoms with E-state index in [0.717, 1.165) is 12.8 Å². The highest BCUT2D eigenvalue weighted by Gasteiger charge is 2.23. The van der Waals surface area contributed by atoms with Crippen LogP contribution in [-0.4, -0.2) is 23.8 Å². The molecule has 2 rings (SSSR count). The van der Waals surface area contributed by atoms with Gasteiger partial charge in [-0.15, -0.1) is 0 Å². The zero-order chi connectivity index (χ0) is 12.1. The van der Waals surface area contributed by atoms with Gasteiger partial charge in [0.1, 0.15) is 0 Å². The standard InChI is InChI=1S/C12H17NO4/c1-2-15-12(14)11-10(8-16-13-11)17-9-6-4-3-5-7-9/h8-9H,2-7H2,1H3. The van der Waals surface area contributed by atoms with Crippen molar-refractivity contribution in [1.82, 2.24) is 5.16 Å². The van der Waals surface area contributed by atoms with Crippen LogP contribution in [0, 0.1) is 0 Å². The number of carbonyl (C=O) groups is 1. The molecule has 0 unspecified atom stereocenters. The van der Waals surface area contributed by atoms with Gasteiger partial charge in [0.2, 0.25) is 5.69 Å². The largest absolute Gasteiger partial charge is 0.485 e. The lowest BCUT2D eigenvalue weighted by atomic mass is 9.98. The zero-order valence-corrected chi connectivity index (χ0v) is 9.98. The number of aromatic nitrogens is 1. The Morgan fingerprint density at radius 2 is 2.24 bits per heavy atom. The molecule has 1 saturated carbocycles. The van der Waals surface area contributed by atoms with Crippen LogP contribution in [0.15, 0.2) is 10.8 Å². The average Bonchev–Trinajstić information content (AvgIpc) is 2.79. The maximum Gasteiger partial charge on any atom is 0.364 e. The van der Waals surface area contributed by atoms with E-state index in [1.807, 2.05) is 0 Å². The van der Waals surface area contributed by atoms with Crippen molar-refractivity contribution in [2.75, 3.05) is 6.61 Å². The van der Waals surface area contributed by atoms with Crippen molar-refractivity contribution in [3.8, 4) is 5.75 Å². The maximum atomic E-state index is 11.5. The summed E-state index contributed by atoms with van der Waals surface area (Å²) in [5, 5.41) is 3.63. The van der Waals surface area contributed by atoms with Gasteiger partial charge in [0, 0.05) is 0 Å². The van der Waals surface area contributed by atoms with Crippen LogP contribution in [0.1, 0.15) is 49.5 Å². The first-order chi connectivity index (χ1) is 8.31. The maximum absolute atomic E-state index is 11.5. The molecule has 1 aliphatic rings. The van der Waals surface area contributed by atoms with E-state index in [1.165, 1.54) is 25.5 Å². The monoisotopic (exact) mass is 239 g/mol. The van der Waals surface area contributed by atoms with Crippen LogP contribution in [0.3, 0.4) is 0 Å². The summed E-state index contributed by atoms with van der Waals surface area (Å²) < 4.78 is 15.4. The number of esters is 1. The highest BCUT2D eigenvalue weighted by molar-refractivity contribution is 5.89. The lowest BCUT2D eigenvalue weighted by Gasteiger charge is -2.22. The van der Waals surface area contributed by atoms with Gasteiger partial charge in [-0.05, 0) is 32.6 Å². The fourth-order valence-electron chi connectivity index (χ4n) is 2.01. The molecule has 1 fully saturated rings. The van der Waals surface area contributed by atoms with Crippen molar-refractivity contribution < 1.29 is 18.8 Å². The van der Waals surface area contributed by atoms with Gasteiger partial charge in [-0.2, -0.15) is 0 Å². The van der Waals surface area contributed by atoms with Crippen molar-refractivity contribution in [2.24, 2.45) is 0 Å². The van der Waals surface area contributed by atoms with Gasteiger partial charge < -0.3 is 14.0 Å². The van der Waals surface area contributed by atoms with E-state index in [-0.39, 0.29) is 11.8 Å². The number of nitrogens with zero attached hydrogens (tertiary/aromatic N) is 1. The Labute approximate surface area is 100 Å². The molecule has 1 aromatic rings. The Morgan fingerprint density at radius 3 is 2.94 bits per heavy atom. The molecule has 5 heteroatoms. The minimum Gasteiger partial charge on any atom is -0.485 e. The quantitative estimate of drug-likeness (QED) is 0.755. The second kappa shape index (κ2) is 5.70. The highest BCUT2D eigenvalue weighted by atomic mass is 16.5. The van der Waals surface area contributed by atoms with Crippen LogP contribution in [0.25, 0.3) is 0 Å². The molecule has 0 spiro atoms. The Morgan fingerprint density at radius 1 is 1.47 bits per heavy atom. The molecule has 0 bridgehead atoms. The van der Waals surface area contributed by atoms with Crippen LogP contribution >= 0.6 is 0 Å². The van der Waals surface area contributed by atoms with Crippen molar-refractivity contribution >= 4 is 5.97 Å². The first-order valence-electron chi connectivity index (χ1n) is 6.09. The molecule has 0 N–H and O–H groups in total. The fraction of sp³-hybridized carbons (Fsp3) is 0.667. The van der Waals surface area contributed by atoms with Crippen molar-refractivity contribution in [3.05, 3.63) is 12.0 Å². The van der Waals surface area contributed by atoms with E-state index in [9.17, 15) is 4.79 Å². The molecule has 0 saturated heterocycles. The SMILES string of the molecule is CCOC(=O)c1nocc1OC1CCCCC1. The predicted octanol–water partition coefficient (Wildman–Crippen LogP) is 2.56. The molecule has 0 aromatic carbocycles. The summed E-state index contributed by atoms with van der Waals surface area (Å²) in [5.41, 5.74) is 0.137. The van der Waals surface area contributed by atoms with Crippen molar-refractivity contribution in [1.29, 1.82) is 0 Å². The second-order valence-corrected chi connectivity index (χ2v) is 4.13. The summed E-state index contributed by atoms with van der Waals surface area (Å²) in [7, 11) is 0. The van der Waals surface area contributed by atoms with Gasteiger partial charge >= 0.3 is 5.97 Å². The second-order valence-electron chi connectivity index (χ2n) is 4.13. The Hall–Kier alpha value is -1.52. The number of carbonyl (C=O) groups excluding carboxylic acids is 1. The first-order valence-corrected chi connectivity index (χ1v) is 6.09. The topological polar surface area (TPSA) is 61.6 Å². The predicted molar refractivity (Wildman–Crippen MR) is 60.0 cm³/mol. The molecule has 0 atom stereocenters. The molecule has 17 heavy (non-hydrogen) atoms. The molecular formula is C12H17NO4. The van der Waals surface area contributed by atoms with Crippen LogP contribution < -0.4 is 4.74 Å². The lowest BCUT2D eigenvalue weighted by molar-refractivity contribution is 0.0506. The van der Waals surface area contributed by atoms with Crippen molar-refractivity contribution in [3.63, 3.8) is 0 Å². The van der Waals surface area contributed by atoms with Gasteiger partial charge in [0.25, 0.3) is 0 Å². The minimum atomic E-state index is -0.493. The molecule has 0 amide bonds. The Bertz CT molecular complexity index is 368. The van der Waals surface area contributed by atoms with Crippen LogP contribution in [-0.2, 0) is 4.74 Å². The number of rotatable bonds is 4. The number of ether oxygens (including phenoxy) is 2. The van der Waals surface area contributed by atoms with E-state index in [1.54, 1.807) is 6.92 Å². The normalized spacial score (nSPS) is 16.8. The number of hydrogen-bond donors (Lipinski definition) is 0. The summed E-state index contributed by atoms with van der Waals surface area (Å²) in [6.07, 6.45) is 7.17. The molecule has 1 aromatic heterocycles. The molecule has 94 valence electrons. The Balaban J connectivity index is 2.00. The van der Waals surface area contributed by atoms with Crippen LogP contribution in [0.2, 0.25) is 0 Å². The van der Waals surface area contributed by atoms with E-state index >= 15 is 0 Å². The van der Waals surface area contributed by atoms with E-state index in [0.29, 0.717) is 12.4 Å². The van der Waals surface area contributed by atoms with Gasteiger partial charge in [0.05, 0.1) is 12.7 Å². The summed E-state index contributed by atoms with van der Waals surface area (Å²) in [6, 6.07) is 0. The van der Waals surface area contributed by atoms with E-state index in [2.05, 4.69) is 5.16 Å². The van der Waals surface area contributed by atoms with Crippen LogP contribution in [0.4, 0.5) is 0 Å². The third-order valence-corrected chi connectivity index (χ3v) is 2.85. The van der Waals surface area contributed by atoms with Crippen LogP contribution in [0.5, 0.6) is 5.75 Å². The van der Waals surface area contributed by atoms with Gasteiger partial charge in [-0.3, -0.25) is 0 Å². The smallest absolute Gasteiger partial charge is 0.364 e. The first kappa shape index (κ1) is 12.0. The van der Waals surface area contributed by atoms with Crippen molar-refractivity contribution in [2.45, 2.75) is 45.1 Å². The average molecular weight is 239 g/mol. The van der Waals surface area contributed by atoms with E-state index in [4.69, 9.17) is 14.0 Å². The fourth-order valence-corrected chi connectivity index (χ4v) is 2.01. The summed E-state index contributed by atoms with van der Waals surface area (Å²) >= 11 is 0. The highest BCUT2D eigenvalue weighted by Crippen LogP contribution is 2.25. The number of hydrogen-bond acceptors (Lipinski definition) is 5. The summed E-state index contributed by atoms with van der Waals surface area (Å²) in [6.45, 7) is 2.06. The lowest BCUT2D eigenvalue weighted by Crippen LogP contribution is -2.20. The summed E-state index contributed by atoms with van der Waals surface area (Å²) in [4.78, 5) is 11.5. The molecular weight excluding hydrogens is 222 g/mol. The molecule has 0 radical (unpaired) electrons. The third kappa shape index (κ3) is 2.99. The molecule has 1 heterocycles. The minimum absolute atomic E-state index is 0.137. The van der Waals surface area contributed by atoms with E-state index < -0.39 is 5.97 Å². The molecule has 0 aliphatic heterocycles. The van der Waals surface area contributed by atoms with Gasteiger partial charge in [0.15, 0.2) is 12.0 Å².